The largest absolute Gasteiger partial charge is 0.481 e. The van der Waals surface area contributed by atoms with E-state index in [2.05, 4.69) is 0 Å². The lowest BCUT2D eigenvalue weighted by Crippen LogP contribution is -2.30. The topological polar surface area (TPSA) is 291 Å². The molecule has 0 aromatic carbocycles. The molecule has 0 bridgehead atoms. The molecule has 0 aromatic heterocycles. The van der Waals surface area contributed by atoms with E-state index in [1.807, 2.05) is 0 Å². The van der Waals surface area contributed by atoms with Crippen molar-refractivity contribution < 1.29 is 49.5 Å². The number of hydrogen-bond donors (Lipinski definition) is 9. The minimum atomic E-state index is -1.17. The van der Waals surface area contributed by atoms with Crippen LogP contribution in [0.15, 0.2) is 0 Å². The normalized spacial score (nSPS) is 12.7. The lowest BCUT2D eigenvalue weighted by atomic mass is 10.1. The van der Waals surface area contributed by atoms with E-state index in [0.717, 1.165) is 12.8 Å². The average Bonchev–Trinajstić information content (AvgIpc) is 2.64. The van der Waals surface area contributed by atoms with Gasteiger partial charge < -0.3 is 48.5 Å². The molecule has 0 aliphatic rings. The maximum Gasteiger partial charge on any atom is 0.320 e. The second kappa shape index (κ2) is 19.5. The molecule has 0 rings (SSSR count). The third-order valence-electron chi connectivity index (χ3n) is 3.26. The molecular weight excluding hydrogens is 408 g/mol. The summed E-state index contributed by atoms with van der Waals surface area (Å²) in [5, 5.41) is 40.9. The molecule has 0 spiro atoms. The Bertz CT molecular complexity index is 510. The Balaban J connectivity index is -0.000000364. The van der Waals surface area contributed by atoms with E-state index in [1.54, 1.807) is 0 Å². The number of carboxylic acid groups (broad SMARTS) is 5. The van der Waals surface area contributed by atoms with Gasteiger partial charge in [0, 0.05) is 12.8 Å². The summed E-state index contributed by atoms with van der Waals surface area (Å²) in [6, 6.07) is -2.83. The Morgan fingerprint density at radius 2 is 0.867 bits per heavy atom. The van der Waals surface area contributed by atoms with E-state index in [9.17, 15) is 24.0 Å². The second-order valence-electron chi connectivity index (χ2n) is 5.98. The standard InChI is InChI=1S/C6H14N2O2.2C5H9NO4/c7-4-2-1-3-5(8)6(9)10;2*6-3(5(9)10)1-2-4(7)8/h5H,1-4,7-8H2,(H,9,10);2*3H,1-2,6H2,(H,7,8)(H,9,10). The van der Waals surface area contributed by atoms with Crippen LogP contribution < -0.4 is 22.9 Å². The van der Waals surface area contributed by atoms with Gasteiger partial charge in [0.25, 0.3) is 0 Å². The van der Waals surface area contributed by atoms with Gasteiger partial charge in [-0.25, -0.2) is 0 Å². The van der Waals surface area contributed by atoms with Crippen LogP contribution in [-0.4, -0.2) is 80.0 Å². The molecular formula is C16H32N4O10. The lowest BCUT2D eigenvalue weighted by Gasteiger charge is -2.03. The molecule has 0 radical (unpaired) electrons. The van der Waals surface area contributed by atoms with Crippen LogP contribution in [0.1, 0.15) is 44.9 Å². The molecule has 0 aliphatic carbocycles. The second-order valence-corrected chi connectivity index (χ2v) is 5.98. The summed E-state index contributed by atoms with van der Waals surface area (Å²) in [4.78, 5) is 49.9. The summed E-state index contributed by atoms with van der Waals surface area (Å²) in [6.07, 6.45) is 1.72. The van der Waals surface area contributed by atoms with Crippen LogP contribution in [-0.2, 0) is 24.0 Å². The number of rotatable bonds is 13. The van der Waals surface area contributed by atoms with Gasteiger partial charge in [-0.1, -0.05) is 6.42 Å². The smallest absolute Gasteiger partial charge is 0.320 e. The van der Waals surface area contributed by atoms with Crippen molar-refractivity contribution in [3.63, 3.8) is 0 Å². The van der Waals surface area contributed by atoms with Crippen LogP contribution >= 0.6 is 0 Å². The predicted molar refractivity (Wildman–Crippen MR) is 103 cm³/mol. The molecule has 0 heterocycles. The van der Waals surface area contributed by atoms with E-state index >= 15 is 0 Å². The van der Waals surface area contributed by atoms with Crippen molar-refractivity contribution in [3.8, 4) is 0 Å². The first kappa shape index (κ1) is 31.9. The van der Waals surface area contributed by atoms with E-state index in [-0.39, 0.29) is 25.7 Å². The molecule has 0 aromatic rings. The number of unbranched alkanes of at least 4 members (excludes halogenated alkanes) is 1. The minimum absolute atomic E-state index is 0.0231. The molecule has 14 heteroatoms. The summed E-state index contributed by atoms with van der Waals surface area (Å²) in [6.45, 7) is 0.604. The van der Waals surface area contributed by atoms with Gasteiger partial charge in [0.1, 0.15) is 18.1 Å². The molecule has 3 unspecified atom stereocenters. The predicted octanol–water partition coefficient (Wildman–Crippen LogP) is -1.95. The van der Waals surface area contributed by atoms with E-state index in [0.29, 0.717) is 13.0 Å². The van der Waals surface area contributed by atoms with Gasteiger partial charge in [-0.05, 0) is 32.2 Å². The first-order valence-electron chi connectivity index (χ1n) is 8.84. The molecule has 176 valence electrons. The van der Waals surface area contributed by atoms with Crippen LogP contribution in [0.25, 0.3) is 0 Å². The van der Waals surface area contributed by atoms with Gasteiger partial charge in [0.15, 0.2) is 0 Å². The average molecular weight is 440 g/mol. The van der Waals surface area contributed by atoms with Crippen molar-refractivity contribution in [2.75, 3.05) is 6.54 Å². The Hall–Kier alpha value is -2.81. The fourth-order valence-electron chi connectivity index (χ4n) is 1.44. The van der Waals surface area contributed by atoms with Crippen LogP contribution in [0.3, 0.4) is 0 Å². The SMILES string of the molecule is NC(CCC(=O)O)C(=O)O.NC(CCC(=O)O)C(=O)O.NCCCCC(N)C(=O)O. The lowest BCUT2D eigenvalue weighted by molar-refractivity contribution is -0.141. The van der Waals surface area contributed by atoms with Crippen molar-refractivity contribution >= 4 is 29.8 Å². The highest BCUT2D eigenvalue weighted by Crippen LogP contribution is 1.97. The third-order valence-corrected chi connectivity index (χ3v) is 3.26. The Morgan fingerprint density at radius 3 is 1.10 bits per heavy atom. The summed E-state index contributed by atoms with van der Waals surface area (Å²) in [5.41, 5.74) is 20.4. The Labute approximate surface area is 172 Å². The molecule has 0 amide bonds. The van der Waals surface area contributed by atoms with Crippen molar-refractivity contribution in [1.29, 1.82) is 0 Å². The zero-order chi connectivity index (χ0) is 24.3. The summed E-state index contributed by atoms with van der Waals surface area (Å²) in [7, 11) is 0. The summed E-state index contributed by atoms with van der Waals surface area (Å²) < 4.78 is 0. The molecule has 3 atom stereocenters. The molecule has 0 aliphatic heterocycles. The van der Waals surface area contributed by atoms with Gasteiger partial charge in [-0.15, -0.1) is 0 Å². The fourth-order valence-corrected chi connectivity index (χ4v) is 1.44. The van der Waals surface area contributed by atoms with Gasteiger partial charge in [-0.2, -0.15) is 0 Å². The number of hydrogen-bond acceptors (Lipinski definition) is 9. The molecule has 14 nitrogen and oxygen atoms in total. The van der Waals surface area contributed by atoms with E-state index < -0.39 is 48.0 Å². The molecule has 13 N–H and O–H groups in total. The van der Waals surface area contributed by atoms with E-state index in [1.165, 1.54) is 0 Å². The molecule has 30 heavy (non-hydrogen) atoms. The van der Waals surface area contributed by atoms with Gasteiger partial charge in [0.2, 0.25) is 0 Å². The van der Waals surface area contributed by atoms with Crippen molar-refractivity contribution in [2.45, 2.75) is 63.1 Å². The van der Waals surface area contributed by atoms with Crippen molar-refractivity contribution in [1.82, 2.24) is 0 Å². The number of aliphatic carboxylic acids is 5. The van der Waals surface area contributed by atoms with Crippen LogP contribution in [0.2, 0.25) is 0 Å². The number of carboxylic acids is 5. The zero-order valence-electron chi connectivity index (χ0n) is 16.5. The number of carbonyl (C=O) groups is 5. The van der Waals surface area contributed by atoms with Crippen LogP contribution in [0.5, 0.6) is 0 Å². The van der Waals surface area contributed by atoms with Crippen LogP contribution in [0, 0.1) is 0 Å². The first-order chi connectivity index (χ1) is 13.8. The fraction of sp³-hybridized carbons (Fsp3) is 0.688. The maximum atomic E-state index is 10.1. The highest BCUT2D eigenvalue weighted by Gasteiger charge is 2.13. The highest BCUT2D eigenvalue weighted by atomic mass is 16.4. The molecule has 0 saturated heterocycles. The van der Waals surface area contributed by atoms with Crippen LogP contribution in [0.4, 0.5) is 0 Å². The third kappa shape index (κ3) is 25.2. The molecule has 0 saturated carbocycles. The molecule has 0 fully saturated rings. The Kier molecular flexibility index (Phi) is 20.7. The summed E-state index contributed by atoms with van der Waals surface area (Å²) >= 11 is 0. The summed E-state index contributed by atoms with van der Waals surface area (Å²) in [5.74, 6) is -5.33. The van der Waals surface area contributed by atoms with E-state index in [4.69, 9.17) is 48.5 Å². The monoisotopic (exact) mass is 440 g/mol. The van der Waals surface area contributed by atoms with Crippen molar-refractivity contribution in [2.24, 2.45) is 22.9 Å². The van der Waals surface area contributed by atoms with Gasteiger partial charge in [-0.3, -0.25) is 24.0 Å². The zero-order valence-corrected chi connectivity index (χ0v) is 16.5. The van der Waals surface area contributed by atoms with Gasteiger partial charge in [0.05, 0.1) is 0 Å². The van der Waals surface area contributed by atoms with Crippen molar-refractivity contribution in [3.05, 3.63) is 0 Å². The quantitative estimate of drug-likeness (QED) is 0.141. The Morgan fingerprint density at radius 1 is 0.567 bits per heavy atom. The number of nitrogens with two attached hydrogens (primary N) is 4. The first-order valence-corrected chi connectivity index (χ1v) is 8.84. The maximum absolute atomic E-state index is 10.1. The minimum Gasteiger partial charge on any atom is -0.481 e. The highest BCUT2D eigenvalue weighted by molar-refractivity contribution is 5.75. The van der Waals surface area contributed by atoms with Gasteiger partial charge >= 0.3 is 29.8 Å².